The lowest BCUT2D eigenvalue weighted by atomic mass is 9.95. The van der Waals surface area contributed by atoms with E-state index in [2.05, 4.69) is 4.98 Å². The lowest BCUT2D eigenvalue weighted by Crippen LogP contribution is -2.09. The van der Waals surface area contributed by atoms with Crippen LogP contribution in [0.4, 0.5) is 8.78 Å². The molecule has 0 fully saturated rings. The number of carbonyl (C=O) groups excluding carboxylic acids is 1. The first-order chi connectivity index (χ1) is 10.8. The lowest BCUT2D eigenvalue weighted by molar-refractivity contribution is -0.121. The highest BCUT2D eigenvalue weighted by Crippen LogP contribution is 2.33. The van der Waals surface area contributed by atoms with Gasteiger partial charge in [0.05, 0.1) is 0 Å². The van der Waals surface area contributed by atoms with Gasteiger partial charge in [-0.25, -0.2) is 13.8 Å². The zero-order chi connectivity index (χ0) is 17.1. The molecule has 0 N–H and O–H groups in total. The average molecular weight is 358 g/mol. The Morgan fingerprint density at radius 3 is 2.48 bits per heavy atom. The number of pyridine rings is 1. The van der Waals surface area contributed by atoms with E-state index < -0.39 is 11.6 Å². The molecule has 122 valence electrons. The minimum absolute atomic E-state index is 0.0709. The molecule has 2 aromatic rings. The Kier molecular flexibility index (Phi) is 5.71. The highest BCUT2D eigenvalue weighted by atomic mass is 35.5. The fourth-order valence-electron chi connectivity index (χ4n) is 2.23. The zero-order valence-corrected chi connectivity index (χ0v) is 14.2. The van der Waals surface area contributed by atoms with Crippen molar-refractivity contribution in [1.82, 2.24) is 4.98 Å². The highest BCUT2D eigenvalue weighted by Gasteiger charge is 2.17. The normalized spacial score (nSPS) is 11.1. The average Bonchev–Trinajstić information content (AvgIpc) is 2.45. The number of hydrogen-bond acceptors (Lipinski definition) is 2. The maximum Gasteiger partial charge on any atom is 0.135 e. The third kappa shape index (κ3) is 4.27. The molecule has 0 aliphatic rings. The van der Waals surface area contributed by atoms with E-state index in [9.17, 15) is 13.6 Å². The van der Waals surface area contributed by atoms with Crippen LogP contribution in [-0.4, -0.2) is 10.8 Å². The van der Waals surface area contributed by atoms with Gasteiger partial charge in [0, 0.05) is 24.0 Å². The van der Waals surface area contributed by atoms with Gasteiger partial charge in [-0.3, -0.25) is 4.79 Å². The smallest absolute Gasteiger partial charge is 0.135 e. The van der Waals surface area contributed by atoms with Gasteiger partial charge < -0.3 is 0 Å². The maximum atomic E-state index is 14.1. The molecule has 0 saturated carbocycles. The van der Waals surface area contributed by atoms with E-state index in [-0.39, 0.29) is 34.0 Å². The molecular formula is C17H15Cl2F2NO. The van der Waals surface area contributed by atoms with E-state index in [4.69, 9.17) is 23.2 Å². The fourth-order valence-corrected chi connectivity index (χ4v) is 2.76. The van der Waals surface area contributed by atoms with Crippen molar-refractivity contribution in [3.63, 3.8) is 0 Å². The summed E-state index contributed by atoms with van der Waals surface area (Å²) in [7, 11) is 0. The first kappa shape index (κ1) is 17.8. The SMILES string of the molecule is CC(C)C(=O)CCc1c(-c2ccc(F)cc2F)cc(Cl)nc1Cl. The molecule has 0 unspecified atom stereocenters. The minimum atomic E-state index is -0.722. The van der Waals surface area contributed by atoms with Crippen LogP contribution in [0.25, 0.3) is 11.1 Å². The van der Waals surface area contributed by atoms with Crippen LogP contribution in [0.5, 0.6) is 0 Å². The first-order valence-electron chi connectivity index (χ1n) is 7.12. The molecule has 0 aliphatic heterocycles. The molecule has 0 atom stereocenters. The molecule has 1 aromatic heterocycles. The van der Waals surface area contributed by atoms with Crippen molar-refractivity contribution in [2.75, 3.05) is 0 Å². The number of halogens is 4. The second-order valence-corrected chi connectivity index (χ2v) is 6.25. The Morgan fingerprint density at radius 1 is 1.17 bits per heavy atom. The number of rotatable bonds is 5. The summed E-state index contributed by atoms with van der Waals surface area (Å²) in [4.78, 5) is 15.8. The number of carbonyl (C=O) groups is 1. The first-order valence-corrected chi connectivity index (χ1v) is 7.88. The summed E-state index contributed by atoms with van der Waals surface area (Å²) in [6.07, 6.45) is 0.572. The number of ketones is 1. The van der Waals surface area contributed by atoms with Gasteiger partial charge in [0.25, 0.3) is 0 Å². The van der Waals surface area contributed by atoms with Gasteiger partial charge in [-0.1, -0.05) is 37.0 Å². The molecule has 23 heavy (non-hydrogen) atoms. The molecule has 1 heterocycles. The predicted octanol–water partition coefficient (Wildman–Crippen LogP) is 5.49. The Balaban J connectivity index is 2.47. The molecule has 2 rings (SSSR count). The van der Waals surface area contributed by atoms with Crippen LogP contribution >= 0.6 is 23.2 Å². The van der Waals surface area contributed by atoms with Crippen LogP contribution in [0.2, 0.25) is 10.3 Å². The van der Waals surface area contributed by atoms with Gasteiger partial charge in [-0.05, 0) is 35.7 Å². The van der Waals surface area contributed by atoms with Gasteiger partial charge in [0.1, 0.15) is 27.7 Å². The largest absolute Gasteiger partial charge is 0.299 e. The second kappa shape index (κ2) is 7.37. The van der Waals surface area contributed by atoms with E-state index in [1.807, 2.05) is 13.8 Å². The van der Waals surface area contributed by atoms with E-state index in [1.165, 1.54) is 12.1 Å². The van der Waals surface area contributed by atoms with Crippen molar-refractivity contribution in [3.8, 4) is 11.1 Å². The summed E-state index contributed by atoms with van der Waals surface area (Å²) < 4.78 is 27.2. The van der Waals surface area contributed by atoms with Crippen LogP contribution in [0.3, 0.4) is 0 Å². The summed E-state index contributed by atoms with van der Waals surface area (Å²) in [6.45, 7) is 3.62. The van der Waals surface area contributed by atoms with Crippen molar-refractivity contribution < 1.29 is 13.6 Å². The Hall–Kier alpha value is -1.52. The maximum absolute atomic E-state index is 14.1. The monoisotopic (exact) mass is 357 g/mol. The van der Waals surface area contributed by atoms with Gasteiger partial charge in [0.15, 0.2) is 0 Å². The molecule has 0 spiro atoms. The van der Waals surface area contributed by atoms with E-state index in [0.29, 0.717) is 17.5 Å². The fraction of sp³-hybridized carbons (Fsp3) is 0.294. The number of aromatic nitrogens is 1. The van der Waals surface area contributed by atoms with Crippen LogP contribution in [0.1, 0.15) is 25.8 Å². The Morgan fingerprint density at radius 2 is 1.87 bits per heavy atom. The van der Waals surface area contributed by atoms with Crippen molar-refractivity contribution in [2.45, 2.75) is 26.7 Å². The quantitative estimate of drug-likeness (QED) is 0.662. The van der Waals surface area contributed by atoms with Crippen molar-refractivity contribution in [1.29, 1.82) is 0 Å². The third-order valence-corrected chi connectivity index (χ3v) is 4.04. The Labute approximate surface area is 143 Å². The second-order valence-electron chi connectivity index (χ2n) is 5.51. The van der Waals surface area contributed by atoms with Gasteiger partial charge in [-0.2, -0.15) is 0 Å². The third-order valence-electron chi connectivity index (χ3n) is 3.53. The molecule has 6 heteroatoms. The standard InChI is InChI=1S/C17H15Cl2F2NO/c1-9(2)15(23)6-5-12-13(8-16(18)22-17(12)19)11-4-3-10(20)7-14(11)21/h3-4,7-9H,5-6H2,1-2H3. The highest BCUT2D eigenvalue weighted by molar-refractivity contribution is 6.33. The van der Waals surface area contributed by atoms with E-state index >= 15 is 0 Å². The molecule has 0 radical (unpaired) electrons. The van der Waals surface area contributed by atoms with Crippen LogP contribution in [0, 0.1) is 17.6 Å². The van der Waals surface area contributed by atoms with Crippen LogP contribution in [-0.2, 0) is 11.2 Å². The topological polar surface area (TPSA) is 30.0 Å². The molecule has 0 bridgehead atoms. The summed E-state index contributed by atoms with van der Waals surface area (Å²) in [5.41, 5.74) is 1.12. The number of Topliss-reactive ketones (excluding diaryl/α,β-unsaturated/α-hetero) is 1. The molecule has 1 aromatic carbocycles. The van der Waals surface area contributed by atoms with Gasteiger partial charge >= 0.3 is 0 Å². The van der Waals surface area contributed by atoms with Crippen LogP contribution < -0.4 is 0 Å². The van der Waals surface area contributed by atoms with Crippen molar-refractivity contribution in [3.05, 3.63) is 51.8 Å². The van der Waals surface area contributed by atoms with Gasteiger partial charge in [-0.15, -0.1) is 0 Å². The zero-order valence-electron chi connectivity index (χ0n) is 12.7. The van der Waals surface area contributed by atoms with Crippen LogP contribution in [0.15, 0.2) is 24.3 Å². The van der Waals surface area contributed by atoms with E-state index in [0.717, 1.165) is 12.1 Å². The summed E-state index contributed by atoms with van der Waals surface area (Å²) in [5, 5.41) is 0.223. The predicted molar refractivity (Wildman–Crippen MR) is 87.8 cm³/mol. The Bertz CT molecular complexity index is 748. The minimum Gasteiger partial charge on any atom is -0.299 e. The summed E-state index contributed by atoms with van der Waals surface area (Å²) >= 11 is 12.0. The van der Waals surface area contributed by atoms with Crippen molar-refractivity contribution in [2.24, 2.45) is 5.92 Å². The van der Waals surface area contributed by atoms with E-state index in [1.54, 1.807) is 0 Å². The molecule has 0 aliphatic carbocycles. The van der Waals surface area contributed by atoms with Crippen molar-refractivity contribution >= 4 is 29.0 Å². The number of nitrogens with zero attached hydrogens (tertiary/aromatic N) is 1. The molecule has 2 nitrogen and oxygen atoms in total. The number of benzene rings is 1. The number of hydrogen-bond donors (Lipinski definition) is 0. The molecule has 0 amide bonds. The molecule has 0 saturated heterocycles. The summed E-state index contributed by atoms with van der Waals surface area (Å²) in [6, 6.07) is 4.74. The van der Waals surface area contributed by atoms with Gasteiger partial charge in [0.2, 0.25) is 0 Å². The summed E-state index contributed by atoms with van der Waals surface area (Å²) in [5.74, 6) is -1.42. The lowest BCUT2D eigenvalue weighted by Gasteiger charge is -2.13. The molecular weight excluding hydrogens is 343 g/mol.